The van der Waals surface area contributed by atoms with E-state index < -0.39 is 0 Å². The van der Waals surface area contributed by atoms with Gasteiger partial charge >= 0.3 is 0 Å². The summed E-state index contributed by atoms with van der Waals surface area (Å²) in [7, 11) is 2.12. The van der Waals surface area contributed by atoms with Crippen LogP contribution < -0.4 is 0 Å². The maximum atomic E-state index is 5.67. The number of hydrogen-bond donors (Lipinski definition) is 0. The Labute approximate surface area is 146 Å². The summed E-state index contributed by atoms with van der Waals surface area (Å²) in [5.74, 6) is 0.570. The van der Waals surface area contributed by atoms with E-state index in [2.05, 4.69) is 41.3 Å². The zero-order chi connectivity index (χ0) is 16.5. The highest BCUT2D eigenvalue weighted by atomic mass is 32.1. The minimum absolute atomic E-state index is 0.403. The summed E-state index contributed by atoms with van der Waals surface area (Å²) in [6, 6.07) is 18.9. The molecule has 4 nitrogen and oxygen atoms in total. The standard InChI is InChI=1S/C19H19N3OS/c1-21(17-12-11-14-7-5-6-10-16(14)17)13-22-19(24)23-18(20-22)15-8-3-2-4-9-15/h2-10,17H,11-13H2,1H3. The number of aromatic nitrogens is 2. The molecular weight excluding hydrogens is 318 g/mol. The fraction of sp³-hybridized carbons (Fsp3) is 0.263. The molecule has 2 aromatic carbocycles. The van der Waals surface area contributed by atoms with E-state index in [1.165, 1.54) is 11.1 Å². The lowest BCUT2D eigenvalue weighted by atomic mass is 10.1. The molecule has 1 aliphatic rings. The number of nitrogens with zero attached hydrogens (tertiary/aromatic N) is 3. The SMILES string of the molecule is CN(Cn1nc(-c2ccccc2)oc1=S)C1CCc2ccccc21. The van der Waals surface area contributed by atoms with Gasteiger partial charge in [0.25, 0.3) is 4.84 Å². The first-order valence-corrected chi connectivity index (χ1v) is 8.54. The van der Waals surface area contributed by atoms with E-state index in [1.807, 2.05) is 30.3 Å². The third kappa shape index (κ3) is 2.81. The highest BCUT2D eigenvalue weighted by Gasteiger charge is 2.26. The van der Waals surface area contributed by atoms with Crippen LogP contribution in [0.2, 0.25) is 0 Å². The van der Waals surface area contributed by atoms with Crippen LogP contribution in [0.3, 0.4) is 0 Å². The lowest BCUT2D eigenvalue weighted by Crippen LogP contribution is -2.26. The summed E-state index contributed by atoms with van der Waals surface area (Å²) < 4.78 is 7.44. The Balaban J connectivity index is 1.56. The number of hydrogen-bond acceptors (Lipinski definition) is 4. The van der Waals surface area contributed by atoms with Crippen molar-refractivity contribution in [2.75, 3.05) is 7.05 Å². The van der Waals surface area contributed by atoms with Gasteiger partial charge < -0.3 is 4.42 Å². The molecule has 1 atom stereocenters. The predicted molar refractivity (Wildman–Crippen MR) is 96.0 cm³/mol. The van der Waals surface area contributed by atoms with Crippen molar-refractivity contribution in [3.05, 3.63) is 70.6 Å². The first-order chi connectivity index (χ1) is 11.7. The molecule has 1 aliphatic carbocycles. The second-order valence-electron chi connectivity index (χ2n) is 6.19. The molecule has 0 saturated heterocycles. The average Bonchev–Trinajstić information content (AvgIpc) is 3.20. The number of rotatable bonds is 4. The molecule has 122 valence electrons. The maximum Gasteiger partial charge on any atom is 0.288 e. The van der Waals surface area contributed by atoms with E-state index in [4.69, 9.17) is 16.6 Å². The quantitative estimate of drug-likeness (QED) is 0.659. The molecule has 24 heavy (non-hydrogen) atoms. The molecule has 0 radical (unpaired) electrons. The van der Waals surface area contributed by atoms with Gasteiger partial charge in [0.05, 0.1) is 6.67 Å². The van der Waals surface area contributed by atoms with Crippen molar-refractivity contribution in [2.24, 2.45) is 0 Å². The first-order valence-electron chi connectivity index (χ1n) is 8.14. The van der Waals surface area contributed by atoms with Gasteiger partial charge in [-0.2, -0.15) is 0 Å². The van der Waals surface area contributed by atoms with Gasteiger partial charge in [-0.05, 0) is 55.4 Å². The summed E-state index contributed by atoms with van der Waals surface area (Å²) in [5, 5.41) is 4.55. The predicted octanol–water partition coefficient (Wildman–Crippen LogP) is 4.45. The molecule has 0 amide bonds. The zero-order valence-electron chi connectivity index (χ0n) is 13.6. The second kappa shape index (κ2) is 6.34. The van der Waals surface area contributed by atoms with Gasteiger partial charge in [-0.3, -0.25) is 4.90 Å². The highest BCUT2D eigenvalue weighted by Crippen LogP contribution is 2.35. The number of fused-ring (bicyclic) bond motifs is 1. The van der Waals surface area contributed by atoms with Crippen molar-refractivity contribution in [1.29, 1.82) is 0 Å². The van der Waals surface area contributed by atoms with E-state index >= 15 is 0 Å². The molecule has 0 N–H and O–H groups in total. The molecule has 0 bridgehead atoms. The molecule has 1 aromatic heterocycles. The summed E-state index contributed by atoms with van der Waals surface area (Å²) in [6.07, 6.45) is 2.26. The maximum absolute atomic E-state index is 5.67. The van der Waals surface area contributed by atoms with Gasteiger partial charge in [-0.15, -0.1) is 5.10 Å². The van der Waals surface area contributed by atoms with Gasteiger partial charge in [-0.1, -0.05) is 42.5 Å². The lowest BCUT2D eigenvalue weighted by Gasteiger charge is -2.24. The highest BCUT2D eigenvalue weighted by molar-refractivity contribution is 7.71. The Morgan fingerprint density at radius 2 is 1.92 bits per heavy atom. The van der Waals surface area contributed by atoms with Crippen LogP contribution in [0.15, 0.2) is 59.0 Å². The smallest absolute Gasteiger partial charge is 0.288 e. The van der Waals surface area contributed by atoms with E-state index in [9.17, 15) is 0 Å². The van der Waals surface area contributed by atoms with Crippen molar-refractivity contribution in [3.63, 3.8) is 0 Å². The van der Waals surface area contributed by atoms with Crippen molar-refractivity contribution < 1.29 is 4.42 Å². The van der Waals surface area contributed by atoms with E-state index in [0.29, 0.717) is 23.4 Å². The summed E-state index contributed by atoms with van der Waals surface area (Å²) in [5.41, 5.74) is 3.80. The van der Waals surface area contributed by atoms with Crippen LogP contribution in [-0.2, 0) is 13.1 Å². The summed E-state index contributed by atoms with van der Waals surface area (Å²) in [4.78, 5) is 2.70. The lowest BCUT2D eigenvalue weighted by molar-refractivity contribution is 0.180. The first kappa shape index (κ1) is 15.3. The van der Waals surface area contributed by atoms with E-state index in [-0.39, 0.29) is 0 Å². The normalized spacial score (nSPS) is 16.5. The molecule has 3 aromatic rings. The van der Waals surface area contributed by atoms with Crippen LogP contribution in [0.1, 0.15) is 23.6 Å². The Bertz CT molecular complexity index is 900. The largest absolute Gasteiger partial charge is 0.409 e. The van der Waals surface area contributed by atoms with Crippen LogP contribution in [0, 0.1) is 4.84 Å². The Morgan fingerprint density at radius 3 is 2.75 bits per heavy atom. The van der Waals surface area contributed by atoms with Gasteiger partial charge in [-0.25, -0.2) is 4.68 Å². The molecule has 5 heteroatoms. The minimum Gasteiger partial charge on any atom is -0.409 e. The van der Waals surface area contributed by atoms with Gasteiger partial charge in [0.1, 0.15) is 0 Å². The fourth-order valence-corrected chi connectivity index (χ4v) is 3.57. The van der Waals surface area contributed by atoms with Crippen LogP contribution in [0.5, 0.6) is 0 Å². The van der Waals surface area contributed by atoms with Crippen LogP contribution in [-0.4, -0.2) is 21.7 Å². The van der Waals surface area contributed by atoms with Crippen LogP contribution in [0.25, 0.3) is 11.5 Å². The monoisotopic (exact) mass is 337 g/mol. The van der Waals surface area contributed by atoms with Crippen LogP contribution >= 0.6 is 12.2 Å². The number of aryl methyl sites for hydroxylation is 1. The molecule has 0 aliphatic heterocycles. The zero-order valence-corrected chi connectivity index (χ0v) is 14.4. The van der Waals surface area contributed by atoms with E-state index in [1.54, 1.807) is 4.68 Å². The minimum atomic E-state index is 0.403. The summed E-state index contributed by atoms with van der Waals surface area (Å²) in [6.45, 7) is 0.619. The Kier molecular flexibility index (Phi) is 4.04. The molecule has 0 fully saturated rings. The van der Waals surface area contributed by atoms with Crippen molar-refractivity contribution >= 4 is 12.2 Å². The average molecular weight is 337 g/mol. The Morgan fingerprint density at radius 1 is 1.17 bits per heavy atom. The molecule has 0 saturated carbocycles. The Hall–Kier alpha value is -2.24. The molecule has 0 spiro atoms. The third-order valence-electron chi connectivity index (χ3n) is 4.62. The fourth-order valence-electron chi connectivity index (χ4n) is 3.40. The molecule has 4 rings (SSSR count). The van der Waals surface area contributed by atoms with E-state index in [0.717, 1.165) is 18.4 Å². The second-order valence-corrected chi connectivity index (χ2v) is 6.54. The molecule has 1 unspecified atom stereocenters. The third-order valence-corrected chi connectivity index (χ3v) is 4.91. The van der Waals surface area contributed by atoms with Crippen molar-refractivity contribution in [1.82, 2.24) is 14.7 Å². The van der Waals surface area contributed by atoms with Gasteiger partial charge in [0.2, 0.25) is 5.89 Å². The van der Waals surface area contributed by atoms with Gasteiger partial charge in [0, 0.05) is 11.6 Å². The van der Waals surface area contributed by atoms with Crippen LogP contribution in [0.4, 0.5) is 0 Å². The summed E-state index contributed by atoms with van der Waals surface area (Å²) >= 11 is 5.35. The van der Waals surface area contributed by atoms with Crippen molar-refractivity contribution in [2.45, 2.75) is 25.6 Å². The molecule has 1 heterocycles. The number of benzene rings is 2. The van der Waals surface area contributed by atoms with Crippen molar-refractivity contribution in [3.8, 4) is 11.5 Å². The topological polar surface area (TPSA) is 34.2 Å². The van der Waals surface area contributed by atoms with Gasteiger partial charge in [0.15, 0.2) is 0 Å². The molecular formula is C19H19N3OS.